The highest BCUT2D eigenvalue weighted by atomic mass is 32.1. The van der Waals surface area contributed by atoms with Gasteiger partial charge < -0.3 is 9.64 Å². The second kappa shape index (κ2) is 9.37. The van der Waals surface area contributed by atoms with Gasteiger partial charge in [-0.1, -0.05) is 19.4 Å². The smallest absolute Gasteiger partial charge is 0.168 e. The van der Waals surface area contributed by atoms with E-state index in [0.29, 0.717) is 0 Å². The van der Waals surface area contributed by atoms with Crippen LogP contribution in [0.5, 0.6) is 5.75 Å². The van der Waals surface area contributed by atoms with E-state index in [1.165, 1.54) is 10.6 Å². The number of rotatable bonds is 8. The van der Waals surface area contributed by atoms with E-state index in [9.17, 15) is 0 Å². The zero-order chi connectivity index (χ0) is 20.1. The Balaban J connectivity index is 1.44. The largest absolute Gasteiger partial charge is 0.497 e. The third kappa shape index (κ3) is 4.59. The lowest BCUT2D eigenvalue weighted by Crippen LogP contribution is -2.48. The number of anilines is 1. The van der Waals surface area contributed by atoms with Crippen LogP contribution in [0, 0.1) is 0 Å². The molecule has 0 bridgehead atoms. The van der Waals surface area contributed by atoms with Gasteiger partial charge in [0.2, 0.25) is 0 Å². The Morgan fingerprint density at radius 2 is 1.90 bits per heavy atom. The zero-order valence-electron chi connectivity index (χ0n) is 17.1. The standard InChI is InChI=1S/C21H28N6OS/c1-3-5-20(21-22-23-24-27(21)16-19-6-4-15-29-19)26-13-11-25(12-14-26)17-7-9-18(28-2)10-8-17/h4,6-10,15,20H,3,5,11-14,16H2,1-2H3/t20-/m0/s1. The molecule has 7 nitrogen and oxygen atoms in total. The molecule has 1 saturated heterocycles. The van der Waals surface area contributed by atoms with Gasteiger partial charge in [0.25, 0.3) is 0 Å². The number of ether oxygens (including phenoxy) is 1. The van der Waals surface area contributed by atoms with Crippen LogP contribution in [-0.2, 0) is 6.54 Å². The van der Waals surface area contributed by atoms with Crippen molar-refractivity contribution in [3.63, 3.8) is 0 Å². The number of nitrogens with zero attached hydrogens (tertiary/aromatic N) is 6. The molecule has 4 rings (SSSR count). The van der Waals surface area contributed by atoms with Crippen molar-refractivity contribution in [2.45, 2.75) is 32.4 Å². The Bertz CT molecular complexity index is 871. The first-order valence-corrected chi connectivity index (χ1v) is 11.1. The molecule has 1 aliphatic rings. The van der Waals surface area contributed by atoms with E-state index in [1.807, 2.05) is 16.8 Å². The van der Waals surface area contributed by atoms with E-state index in [0.717, 1.165) is 57.1 Å². The van der Waals surface area contributed by atoms with Gasteiger partial charge in [-0.05, 0) is 52.6 Å². The molecule has 0 unspecified atom stereocenters. The molecule has 3 heterocycles. The molecule has 8 heteroatoms. The van der Waals surface area contributed by atoms with Crippen molar-refractivity contribution in [2.24, 2.45) is 0 Å². The molecule has 0 saturated carbocycles. The second-order valence-corrected chi connectivity index (χ2v) is 8.33. The lowest BCUT2D eigenvalue weighted by Gasteiger charge is -2.39. The second-order valence-electron chi connectivity index (χ2n) is 7.30. The maximum atomic E-state index is 5.27. The predicted octanol–water partition coefficient (Wildman–Crippen LogP) is 3.45. The van der Waals surface area contributed by atoms with Crippen LogP contribution in [0.15, 0.2) is 41.8 Å². The van der Waals surface area contributed by atoms with Crippen LogP contribution in [-0.4, -0.2) is 58.4 Å². The summed E-state index contributed by atoms with van der Waals surface area (Å²) >= 11 is 1.75. The summed E-state index contributed by atoms with van der Waals surface area (Å²) in [6, 6.07) is 12.8. The van der Waals surface area contributed by atoms with Gasteiger partial charge in [-0.25, -0.2) is 4.68 Å². The van der Waals surface area contributed by atoms with Gasteiger partial charge in [-0.3, -0.25) is 4.90 Å². The van der Waals surface area contributed by atoms with E-state index in [-0.39, 0.29) is 6.04 Å². The molecule has 29 heavy (non-hydrogen) atoms. The van der Waals surface area contributed by atoms with E-state index < -0.39 is 0 Å². The normalized spacial score (nSPS) is 16.1. The number of tetrazole rings is 1. The summed E-state index contributed by atoms with van der Waals surface area (Å²) in [4.78, 5) is 6.26. The molecular formula is C21H28N6OS. The lowest BCUT2D eigenvalue weighted by atomic mass is 10.1. The highest BCUT2D eigenvalue weighted by Gasteiger charge is 2.28. The molecule has 1 fully saturated rings. The molecule has 0 aliphatic carbocycles. The van der Waals surface area contributed by atoms with Crippen molar-refractivity contribution >= 4 is 17.0 Å². The van der Waals surface area contributed by atoms with Gasteiger partial charge in [-0.2, -0.15) is 0 Å². The number of methoxy groups -OCH3 is 1. The highest BCUT2D eigenvalue weighted by molar-refractivity contribution is 7.09. The number of hydrogen-bond donors (Lipinski definition) is 0. The fourth-order valence-corrected chi connectivity index (χ4v) is 4.63. The molecule has 1 aliphatic heterocycles. The van der Waals surface area contributed by atoms with Crippen LogP contribution < -0.4 is 9.64 Å². The molecule has 0 amide bonds. The first-order chi connectivity index (χ1) is 14.3. The molecule has 0 N–H and O–H groups in total. The third-order valence-electron chi connectivity index (χ3n) is 5.50. The number of benzene rings is 1. The first kappa shape index (κ1) is 19.8. The van der Waals surface area contributed by atoms with Crippen molar-refractivity contribution in [1.29, 1.82) is 0 Å². The molecular weight excluding hydrogens is 384 g/mol. The van der Waals surface area contributed by atoms with Crippen LogP contribution >= 0.6 is 11.3 Å². The maximum Gasteiger partial charge on any atom is 0.168 e. The van der Waals surface area contributed by atoms with Crippen LogP contribution in [0.1, 0.15) is 36.5 Å². The highest BCUT2D eigenvalue weighted by Crippen LogP contribution is 2.28. The first-order valence-electron chi connectivity index (χ1n) is 10.2. The van der Waals surface area contributed by atoms with E-state index in [1.54, 1.807) is 18.4 Å². The van der Waals surface area contributed by atoms with Crippen molar-refractivity contribution in [3.8, 4) is 5.75 Å². The zero-order valence-corrected chi connectivity index (χ0v) is 17.9. The van der Waals surface area contributed by atoms with Crippen molar-refractivity contribution < 1.29 is 4.74 Å². The van der Waals surface area contributed by atoms with E-state index in [2.05, 4.69) is 61.9 Å². The Kier molecular flexibility index (Phi) is 6.41. The maximum absolute atomic E-state index is 5.27. The van der Waals surface area contributed by atoms with Crippen molar-refractivity contribution in [2.75, 3.05) is 38.2 Å². The van der Waals surface area contributed by atoms with Gasteiger partial charge in [0, 0.05) is 36.7 Å². The molecule has 0 radical (unpaired) electrons. The molecule has 0 spiro atoms. The Hall–Kier alpha value is -2.45. The summed E-state index contributed by atoms with van der Waals surface area (Å²) in [5.41, 5.74) is 1.25. The summed E-state index contributed by atoms with van der Waals surface area (Å²) in [5, 5.41) is 14.8. The minimum Gasteiger partial charge on any atom is -0.497 e. The van der Waals surface area contributed by atoms with Crippen LogP contribution in [0.4, 0.5) is 5.69 Å². The average molecular weight is 413 g/mol. The van der Waals surface area contributed by atoms with Crippen LogP contribution in [0.25, 0.3) is 0 Å². The van der Waals surface area contributed by atoms with Gasteiger partial charge in [-0.15, -0.1) is 16.4 Å². The quantitative estimate of drug-likeness (QED) is 0.565. The van der Waals surface area contributed by atoms with Gasteiger partial charge >= 0.3 is 0 Å². The van der Waals surface area contributed by atoms with Crippen LogP contribution in [0.2, 0.25) is 0 Å². The average Bonchev–Trinajstić information content (AvgIpc) is 3.45. The topological polar surface area (TPSA) is 59.3 Å². The van der Waals surface area contributed by atoms with Crippen molar-refractivity contribution in [3.05, 3.63) is 52.5 Å². The molecule has 154 valence electrons. The molecule has 3 aromatic rings. The summed E-state index contributed by atoms with van der Waals surface area (Å²) < 4.78 is 7.25. The van der Waals surface area contributed by atoms with Crippen molar-refractivity contribution in [1.82, 2.24) is 25.1 Å². The van der Waals surface area contributed by atoms with Gasteiger partial charge in [0.05, 0.1) is 19.7 Å². The molecule has 2 aromatic heterocycles. The molecule has 1 aromatic carbocycles. The van der Waals surface area contributed by atoms with E-state index in [4.69, 9.17) is 4.74 Å². The fourth-order valence-electron chi connectivity index (χ4n) is 3.95. The monoisotopic (exact) mass is 412 g/mol. The number of piperazine rings is 1. The van der Waals surface area contributed by atoms with Gasteiger partial charge in [0.1, 0.15) is 5.75 Å². The number of thiophene rings is 1. The Morgan fingerprint density at radius 3 is 2.55 bits per heavy atom. The fraction of sp³-hybridized carbons (Fsp3) is 0.476. The van der Waals surface area contributed by atoms with Gasteiger partial charge in [0.15, 0.2) is 5.82 Å². The Morgan fingerprint density at radius 1 is 1.10 bits per heavy atom. The molecule has 1 atom stereocenters. The summed E-state index contributed by atoms with van der Waals surface area (Å²) in [6.45, 7) is 6.98. The minimum atomic E-state index is 0.257. The predicted molar refractivity (Wildman–Crippen MR) is 116 cm³/mol. The minimum absolute atomic E-state index is 0.257. The lowest BCUT2D eigenvalue weighted by molar-refractivity contribution is 0.164. The Labute approximate surface area is 175 Å². The summed E-state index contributed by atoms with van der Waals surface area (Å²) in [6.07, 6.45) is 2.17. The number of hydrogen-bond acceptors (Lipinski definition) is 7. The van der Waals surface area contributed by atoms with E-state index >= 15 is 0 Å². The third-order valence-corrected chi connectivity index (χ3v) is 6.36. The van der Waals surface area contributed by atoms with Crippen LogP contribution in [0.3, 0.4) is 0 Å². The number of aromatic nitrogens is 4. The SMILES string of the molecule is CCC[C@@H](c1nnnn1Cc1cccs1)N1CCN(c2ccc(OC)cc2)CC1. The summed E-state index contributed by atoms with van der Waals surface area (Å²) in [7, 11) is 1.70. The summed E-state index contributed by atoms with van der Waals surface area (Å²) in [5.74, 6) is 1.88.